The number of nitrogens with one attached hydrogen (secondary N) is 1. The highest BCUT2D eigenvalue weighted by molar-refractivity contribution is 5.91. The third-order valence-corrected chi connectivity index (χ3v) is 2.97. The highest BCUT2D eigenvalue weighted by Crippen LogP contribution is 2.14. The second-order valence-electron chi connectivity index (χ2n) is 4.57. The summed E-state index contributed by atoms with van der Waals surface area (Å²) in [5, 5.41) is 11.5. The molecule has 0 saturated heterocycles. The first-order valence-corrected chi connectivity index (χ1v) is 6.75. The number of furan rings is 1. The van der Waals surface area contributed by atoms with Crippen molar-refractivity contribution in [2.45, 2.75) is 19.4 Å². The van der Waals surface area contributed by atoms with Gasteiger partial charge in [0.15, 0.2) is 5.76 Å². The Kier molecular flexibility index (Phi) is 5.19. The Morgan fingerprint density at radius 3 is 2.71 bits per heavy atom. The first kappa shape index (κ1) is 14.9. The van der Waals surface area contributed by atoms with Gasteiger partial charge in [0.25, 0.3) is 5.91 Å². The quantitative estimate of drug-likeness (QED) is 0.847. The fourth-order valence-corrected chi connectivity index (χ4v) is 1.83. The second kappa shape index (κ2) is 7.32. The van der Waals surface area contributed by atoms with Crippen LogP contribution < -0.4 is 5.32 Å². The number of aliphatic hydroxyl groups is 1. The van der Waals surface area contributed by atoms with Gasteiger partial charge in [-0.25, -0.2) is 0 Å². The molecule has 0 bridgehead atoms. The lowest BCUT2D eigenvalue weighted by molar-refractivity contribution is 0.0912. The Balaban J connectivity index is 1.98. The van der Waals surface area contributed by atoms with Crippen LogP contribution in [0.4, 0.5) is 0 Å². The van der Waals surface area contributed by atoms with Crippen molar-refractivity contribution in [3.8, 4) is 11.8 Å². The van der Waals surface area contributed by atoms with E-state index in [1.807, 2.05) is 31.2 Å². The highest BCUT2D eigenvalue weighted by atomic mass is 16.3. The van der Waals surface area contributed by atoms with Gasteiger partial charge in [-0.2, -0.15) is 0 Å². The first-order chi connectivity index (χ1) is 10.2. The predicted molar refractivity (Wildman–Crippen MR) is 79.6 cm³/mol. The molecule has 2 N–H and O–H groups in total. The summed E-state index contributed by atoms with van der Waals surface area (Å²) >= 11 is 0. The lowest BCUT2D eigenvalue weighted by Crippen LogP contribution is -2.26. The van der Waals surface area contributed by atoms with Crippen molar-refractivity contribution < 1.29 is 14.3 Å². The number of rotatable bonds is 4. The molecule has 1 amide bonds. The number of benzene rings is 1. The molecule has 1 atom stereocenters. The van der Waals surface area contributed by atoms with E-state index >= 15 is 0 Å². The Morgan fingerprint density at radius 1 is 1.33 bits per heavy atom. The van der Waals surface area contributed by atoms with Crippen molar-refractivity contribution in [1.29, 1.82) is 0 Å². The maximum atomic E-state index is 11.9. The van der Waals surface area contributed by atoms with Crippen LogP contribution >= 0.6 is 0 Å². The molecular formula is C17H17NO3. The number of hydrogen-bond donors (Lipinski definition) is 2. The van der Waals surface area contributed by atoms with E-state index < -0.39 is 0 Å². The molecule has 1 unspecified atom stereocenters. The van der Waals surface area contributed by atoms with Crippen LogP contribution in [0.5, 0.6) is 0 Å². The minimum Gasteiger partial charge on any atom is -0.459 e. The van der Waals surface area contributed by atoms with Crippen LogP contribution in [0, 0.1) is 11.8 Å². The molecule has 2 rings (SSSR count). The van der Waals surface area contributed by atoms with Crippen molar-refractivity contribution in [3.05, 3.63) is 59.5 Å². The summed E-state index contributed by atoms with van der Waals surface area (Å²) in [6, 6.07) is 10.8. The molecule has 0 aliphatic heterocycles. The lowest BCUT2D eigenvalue weighted by atomic mass is 10.1. The van der Waals surface area contributed by atoms with E-state index in [2.05, 4.69) is 17.2 Å². The van der Waals surface area contributed by atoms with E-state index in [-0.39, 0.29) is 18.6 Å². The SMILES string of the molecule is CC(NC(=O)c1ccco1)c1ccc(C#CCCO)cc1. The summed E-state index contributed by atoms with van der Waals surface area (Å²) in [7, 11) is 0. The first-order valence-electron chi connectivity index (χ1n) is 6.75. The summed E-state index contributed by atoms with van der Waals surface area (Å²) in [4.78, 5) is 11.9. The van der Waals surface area contributed by atoms with Crippen molar-refractivity contribution in [2.75, 3.05) is 6.61 Å². The monoisotopic (exact) mass is 283 g/mol. The van der Waals surface area contributed by atoms with E-state index in [1.165, 1.54) is 6.26 Å². The zero-order valence-corrected chi connectivity index (χ0v) is 11.8. The van der Waals surface area contributed by atoms with Crippen LogP contribution in [-0.2, 0) is 0 Å². The van der Waals surface area contributed by atoms with Crippen LogP contribution in [0.1, 0.15) is 41.1 Å². The van der Waals surface area contributed by atoms with Crippen LogP contribution in [0.3, 0.4) is 0 Å². The van der Waals surface area contributed by atoms with Crippen molar-refractivity contribution in [2.24, 2.45) is 0 Å². The molecule has 2 aromatic rings. The largest absolute Gasteiger partial charge is 0.459 e. The lowest BCUT2D eigenvalue weighted by Gasteiger charge is -2.13. The molecule has 108 valence electrons. The molecule has 0 aliphatic carbocycles. The molecule has 21 heavy (non-hydrogen) atoms. The number of carbonyl (C=O) groups excluding carboxylic acids is 1. The Bertz CT molecular complexity index is 633. The van der Waals surface area contributed by atoms with Gasteiger partial charge in [0.05, 0.1) is 18.9 Å². The van der Waals surface area contributed by atoms with Gasteiger partial charge in [0.1, 0.15) is 0 Å². The average molecular weight is 283 g/mol. The van der Waals surface area contributed by atoms with Crippen LogP contribution in [-0.4, -0.2) is 17.6 Å². The molecule has 0 fully saturated rings. The molecular weight excluding hydrogens is 266 g/mol. The highest BCUT2D eigenvalue weighted by Gasteiger charge is 2.13. The van der Waals surface area contributed by atoms with E-state index in [9.17, 15) is 4.79 Å². The molecule has 0 spiro atoms. The molecule has 4 nitrogen and oxygen atoms in total. The average Bonchev–Trinajstić information content (AvgIpc) is 3.02. The number of carbonyl (C=O) groups is 1. The van der Waals surface area contributed by atoms with E-state index in [0.29, 0.717) is 12.2 Å². The summed E-state index contributed by atoms with van der Waals surface area (Å²) in [5.74, 6) is 5.89. The van der Waals surface area contributed by atoms with Crippen LogP contribution in [0.15, 0.2) is 47.1 Å². The van der Waals surface area contributed by atoms with Crippen molar-refractivity contribution in [3.63, 3.8) is 0 Å². The zero-order chi connectivity index (χ0) is 15.1. The molecule has 4 heteroatoms. The topological polar surface area (TPSA) is 62.5 Å². The number of aliphatic hydroxyl groups excluding tert-OH is 1. The maximum absolute atomic E-state index is 11.9. The van der Waals surface area contributed by atoms with Gasteiger partial charge in [-0.3, -0.25) is 4.79 Å². The Labute approximate surface area is 123 Å². The molecule has 0 radical (unpaired) electrons. The molecule has 0 aliphatic rings. The fourth-order valence-electron chi connectivity index (χ4n) is 1.83. The predicted octanol–water partition coefficient (Wildman–Crippen LogP) is 2.50. The van der Waals surface area contributed by atoms with Crippen molar-refractivity contribution >= 4 is 5.91 Å². The van der Waals surface area contributed by atoms with E-state index in [4.69, 9.17) is 9.52 Å². The van der Waals surface area contributed by atoms with Crippen LogP contribution in [0.25, 0.3) is 0 Å². The summed E-state index contributed by atoms with van der Waals surface area (Å²) in [6.45, 7) is 1.98. The Morgan fingerprint density at radius 2 is 2.10 bits per heavy atom. The summed E-state index contributed by atoms with van der Waals surface area (Å²) in [5.41, 5.74) is 1.87. The van der Waals surface area contributed by atoms with Gasteiger partial charge in [0.2, 0.25) is 0 Å². The standard InChI is InChI=1S/C17H17NO3/c1-13(18-17(20)16-6-4-12-21-16)15-9-7-14(8-10-15)5-2-3-11-19/h4,6-10,12-13,19H,3,11H2,1H3,(H,18,20). The maximum Gasteiger partial charge on any atom is 0.287 e. The number of amides is 1. The van der Waals surface area contributed by atoms with Crippen LogP contribution in [0.2, 0.25) is 0 Å². The Hall–Kier alpha value is -2.51. The minimum absolute atomic E-state index is 0.0704. The van der Waals surface area contributed by atoms with E-state index in [0.717, 1.165) is 11.1 Å². The molecule has 1 heterocycles. The minimum atomic E-state index is -0.237. The van der Waals surface area contributed by atoms with Gasteiger partial charge >= 0.3 is 0 Å². The van der Waals surface area contributed by atoms with Gasteiger partial charge in [-0.1, -0.05) is 24.0 Å². The number of hydrogen-bond acceptors (Lipinski definition) is 3. The summed E-state index contributed by atoms with van der Waals surface area (Å²) in [6.07, 6.45) is 1.94. The zero-order valence-electron chi connectivity index (χ0n) is 11.8. The van der Waals surface area contributed by atoms with Gasteiger partial charge in [-0.05, 0) is 36.8 Å². The third kappa shape index (κ3) is 4.23. The molecule has 0 saturated carbocycles. The van der Waals surface area contributed by atoms with Crippen molar-refractivity contribution in [1.82, 2.24) is 5.32 Å². The third-order valence-electron chi connectivity index (χ3n) is 2.97. The van der Waals surface area contributed by atoms with Gasteiger partial charge in [0, 0.05) is 12.0 Å². The normalized spacial score (nSPS) is 11.3. The van der Waals surface area contributed by atoms with E-state index in [1.54, 1.807) is 12.1 Å². The molecule has 1 aromatic carbocycles. The smallest absolute Gasteiger partial charge is 0.287 e. The molecule has 1 aromatic heterocycles. The second-order valence-corrected chi connectivity index (χ2v) is 4.57. The van der Waals surface area contributed by atoms with Gasteiger partial charge < -0.3 is 14.8 Å². The fraction of sp³-hybridized carbons (Fsp3) is 0.235. The summed E-state index contributed by atoms with van der Waals surface area (Å²) < 4.78 is 5.06. The van der Waals surface area contributed by atoms with Gasteiger partial charge in [-0.15, -0.1) is 0 Å².